The monoisotopic (exact) mass is 2180 g/mol. The summed E-state index contributed by atoms with van der Waals surface area (Å²) < 4.78 is 191. The fourth-order valence-electron chi connectivity index (χ4n) is 15.8. The van der Waals surface area contributed by atoms with Gasteiger partial charge in [-0.2, -0.15) is 15.0 Å². The van der Waals surface area contributed by atoms with Crippen molar-refractivity contribution < 1.29 is 160 Å². The predicted octanol–water partition coefficient (Wildman–Crippen LogP) is -2.43. The van der Waals surface area contributed by atoms with E-state index in [1.807, 2.05) is 0 Å². The molecule has 12 heterocycles. The van der Waals surface area contributed by atoms with Crippen LogP contribution < -0.4 is 68.0 Å². The Bertz CT molecular complexity index is 6220. The van der Waals surface area contributed by atoms with Crippen LogP contribution in [0.5, 0.6) is 0 Å². The Balaban J connectivity index is 0.844. The summed E-state index contributed by atoms with van der Waals surface area (Å²) in [6.07, 6.45) is -31.0. The first kappa shape index (κ1) is 114. The van der Waals surface area contributed by atoms with Gasteiger partial charge in [0, 0.05) is 113 Å². The Labute approximate surface area is 820 Å². The molecule has 0 saturated carbocycles. The number of hydrogen-bond donors (Lipinski definition) is 12. The van der Waals surface area contributed by atoms with E-state index < -0.39 is 274 Å². The first-order valence-electron chi connectivity index (χ1n) is 43.6. The average molecular weight is 2180 g/mol. The third-order valence-electron chi connectivity index (χ3n) is 23.0. The molecule has 0 aliphatic carbocycles. The summed E-state index contributed by atoms with van der Waals surface area (Å²) in [4.78, 5) is 200. The topological polar surface area (TPSA) is 743 Å². The molecule has 6 aromatic heterocycles. The third-order valence-corrected chi connectivity index (χ3v) is 29.6. The molecule has 142 heavy (non-hydrogen) atoms. The molecule has 794 valence electrons. The summed E-state index contributed by atoms with van der Waals surface area (Å²) in [5.74, 6) is -0.454. The van der Waals surface area contributed by atoms with Gasteiger partial charge in [-0.15, -0.1) is 0 Å². The molecule has 28 atom stereocenters. The van der Waals surface area contributed by atoms with Crippen molar-refractivity contribution in [1.29, 1.82) is 0 Å². The molecule has 6 aromatic rings. The minimum absolute atomic E-state index is 0.0100. The number of ether oxygens (including phenoxy) is 16. The number of nitrogens with one attached hydrogen (secondary N) is 3. The number of phosphoric acid groups is 2. The van der Waals surface area contributed by atoms with Crippen molar-refractivity contribution in [3.63, 3.8) is 0 Å². The Hall–Kier alpha value is -6.79. The molecule has 12 rings (SSSR count). The lowest BCUT2D eigenvalue weighted by Crippen LogP contribution is -2.42. The fourth-order valence-corrected chi connectivity index (χ4v) is 22.1. The molecule has 0 amide bonds. The molecule has 66 heteroatoms. The van der Waals surface area contributed by atoms with E-state index in [0.29, 0.717) is 5.56 Å². The zero-order valence-electron chi connectivity index (χ0n) is 78.3. The van der Waals surface area contributed by atoms with Crippen LogP contribution in [0.1, 0.15) is 90.5 Å². The zero-order chi connectivity index (χ0) is 104. The largest absolute Gasteiger partial charge is 0.472 e. The van der Waals surface area contributed by atoms with Crippen LogP contribution in [-0.4, -0.2) is 325 Å². The minimum atomic E-state index is -5.98. The van der Waals surface area contributed by atoms with E-state index in [2.05, 4.69) is 29.9 Å². The van der Waals surface area contributed by atoms with Gasteiger partial charge in [-0.1, -0.05) is 6.92 Å². The smallest absolute Gasteiger partial charge is 0.387 e. The Morgan fingerprint density at radius 1 is 0.359 bits per heavy atom. The molecule has 6 fully saturated rings. The second kappa shape index (κ2) is 49.6. The number of phosphoric ester groups is 2. The van der Waals surface area contributed by atoms with Gasteiger partial charge in [0.15, 0.2) is 31.1 Å². The average Bonchev–Trinajstić information content (AvgIpc) is 1.62. The van der Waals surface area contributed by atoms with E-state index in [9.17, 15) is 72.7 Å². The zero-order valence-corrected chi connectivity index (χ0v) is 85.2. The standard InChI is InChI=1S/C76H114N15O43P5S3/c1-13-42-43(24-49(124-42)86-25-36(2)60(77)80-71(86)96)130-137(106,140)122-34-47-52(57(116-21-16-111-10)68(128-47)91-30-41(7)65(95)85-76(91)101)132-135(102,103)119-32-45-51(56(115-20-15-110-9)67(126-45)90-29-40(6)64(94)84-75(90)100)131-136(104,105)120-33-46-53(58(117-22-17-112-11)69(127-46)87-26-37(3)61(78)81-72(87)97)133-139(108,142)123-35-48-54(59(118-23-18-113-12)70(129-48)88-27-38(4)62(79)82-73(88)98)134-138(107,141)121-31-44-50(92)55(114-19-14-109-8)66(125-44)89-28-39(5)63(93)83-74(89)99/h25-30,42-59,66-70,92H,13-24,31-35H2,1-12H3,(H,102,103)(H,104,105)(H,106,140)(H,107,141)(H,108,142)(H2,77,80,96)(H2,78,81,97)(H2,79,82,98)(H,83,93,99)(H,84,94,100)(H,85,95,101)/t42-,43?,44-,45-,46-,47-,48-,49-,50?,51?,52?,53?,54?,55+,56+,57+,58+,59+,66-,67-,68-,69-,70-,137?,138?,139?/m1/s1. The highest BCUT2D eigenvalue weighted by Gasteiger charge is 2.58. The fraction of sp³-hybridized carbons (Fsp3) is 0.684. The number of nitrogens with two attached hydrogens (primary N) is 3. The van der Waals surface area contributed by atoms with Crippen molar-refractivity contribution in [3.05, 3.63) is 165 Å². The van der Waals surface area contributed by atoms with Crippen molar-refractivity contribution in [3.8, 4) is 0 Å². The summed E-state index contributed by atoms with van der Waals surface area (Å²) in [5.41, 5.74) is 10.3. The SMILES string of the molecule is CC[C@H]1O[C@@H](n2cc(C)c(N)nc2=O)CC1OP(O)(=S)OC[C@H]1O[C@@H](n2cc(C)c(=O)[nH]c2=O)[C@@H](OCCOC)C1OP(=O)(O)OC[C@H]1O[C@@H](n2cc(C)c(=O)[nH]c2=O)[C@@H](OCCOC)C1OP(=O)(O)OC[C@H]1O[C@@H](n2cc(C)c(N)nc2=O)[C@@H](OCCOC)C1OP(O)(=S)OC[C@H]1O[C@@H](n2cc(C)c(N)nc2=O)[C@@H](OCCOC)C1OP(O)(=S)OC[C@H]1O[C@@H](n2cc(C)c(=O)[nH]c2=O)[C@@H](OCCOC)C1O. The van der Waals surface area contributed by atoms with Crippen molar-refractivity contribution in [1.82, 2.24) is 57.3 Å². The van der Waals surface area contributed by atoms with E-state index in [4.69, 9.17) is 174 Å². The number of rotatable bonds is 52. The lowest BCUT2D eigenvalue weighted by Gasteiger charge is -2.30. The number of methoxy groups -OCH3 is 5. The second-order valence-electron chi connectivity index (χ2n) is 32.9. The number of aromatic amines is 3. The molecule has 11 unspecified atom stereocenters. The van der Waals surface area contributed by atoms with E-state index in [1.54, 1.807) is 13.8 Å². The second-order valence-corrected chi connectivity index (χ2v) is 44.1. The first-order valence-corrected chi connectivity index (χ1v) is 54.3. The van der Waals surface area contributed by atoms with Crippen molar-refractivity contribution in [2.45, 2.75) is 202 Å². The van der Waals surface area contributed by atoms with E-state index in [-0.39, 0.29) is 111 Å². The molecule has 0 spiro atoms. The lowest BCUT2D eigenvalue weighted by atomic mass is 10.1. The summed E-state index contributed by atoms with van der Waals surface area (Å²) in [6.45, 7) is -11.9. The highest BCUT2D eigenvalue weighted by atomic mass is 32.5. The van der Waals surface area contributed by atoms with Crippen LogP contribution >= 0.6 is 35.8 Å². The van der Waals surface area contributed by atoms with Crippen LogP contribution in [0.3, 0.4) is 0 Å². The van der Waals surface area contributed by atoms with Crippen molar-refractivity contribution in [2.24, 2.45) is 0 Å². The van der Waals surface area contributed by atoms with Gasteiger partial charge in [0.05, 0.1) is 111 Å². The number of anilines is 3. The molecular formula is C76H114N15O43P5S3. The van der Waals surface area contributed by atoms with Gasteiger partial charge in [-0.3, -0.25) is 83.9 Å². The van der Waals surface area contributed by atoms with Gasteiger partial charge in [-0.05, 0) is 83.4 Å². The normalized spacial score (nSPS) is 29.4. The number of aryl methyl sites for hydroxylation is 6. The van der Waals surface area contributed by atoms with Crippen LogP contribution in [0.25, 0.3) is 0 Å². The van der Waals surface area contributed by atoms with Gasteiger partial charge < -0.3 is 141 Å². The molecule has 58 nitrogen and oxygen atoms in total. The highest BCUT2D eigenvalue weighted by Crippen LogP contribution is 2.58. The number of aliphatic hydroxyl groups is 1. The van der Waals surface area contributed by atoms with Crippen LogP contribution in [0.15, 0.2) is 80.3 Å². The predicted molar refractivity (Wildman–Crippen MR) is 497 cm³/mol. The number of H-pyrrole nitrogens is 3. The van der Waals surface area contributed by atoms with E-state index in [0.717, 1.165) is 35.2 Å². The van der Waals surface area contributed by atoms with Crippen LogP contribution in [0, 0.1) is 41.5 Å². The van der Waals surface area contributed by atoms with Crippen LogP contribution in [-0.2, 0) is 166 Å². The summed E-state index contributed by atoms with van der Waals surface area (Å²) in [6, 6.07) is 0. The maximum Gasteiger partial charge on any atom is 0.472 e. The van der Waals surface area contributed by atoms with E-state index in [1.165, 1.54) is 99.5 Å². The summed E-state index contributed by atoms with van der Waals surface area (Å²) in [5, 5.41) is 11.8. The maximum atomic E-state index is 15.3. The molecular weight excluding hydrogens is 2060 g/mol. The molecule has 15 N–H and O–H groups in total. The number of aliphatic hydroxyl groups excluding tert-OH is 1. The van der Waals surface area contributed by atoms with Gasteiger partial charge in [0.1, 0.15) is 115 Å². The Morgan fingerprint density at radius 3 is 0.958 bits per heavy atom. The van der Waals surface area contributed by atoms with Gasteiger partial charge in [0.25, 0.3) is 16.7 Å². The number of nitrogens with zero attached hydrogens (tertiary/aromatic N) is 9. The van der Waals surface area contributed by atoms with E-state index >= 15 is 9.13 Å². The van der Waals surface area contributed by atoms with Gasteiger partial charge in [0.2, 0.25) is 0 Å². The van der Waals surface area contributed by atoms with Crippen molar-refractivity contribution >= 4 is 88.7 Å². The summed E-state index contributed by atoms with van der Waals surface area (Å²) in [7, 11) is -5.26. The molecule has 6 aliphatic heterocycles. The third kappa shape index (κ3) is 28.2. The molecule has 0 aromatic carbocycles. The number of nitrogen functional groups attached to an aromatic ring is 3. The maximum absolute atomic E-state index is 15.3. The summed E-state index contributed by atoms with van der Waals surface area (Å²) >= 11 is 16.9. The van der Waals surface area contributed by atoms with Crippen LogP contribution in [0.4, 0.5) is 17.5 Å². The quantitative estimate of drug-likeness (QED) is 0.0140. The Morgan fingerprint density at radius 2 is 0.627 bits per heavy atom. The number of aromatic nitrogens is 12. The molecule has 0 radical (unpaired) electrons. The van der Waals surface area contributed by atoms with Gasteiger partial charge >= 0.3 is 69.9 Å². The molecule has 0 bridgehead atoms. The molecule has 6 saturated heterocycles. The number of hydrogen-bond acceptors (Lipinski definition) is 47. The van der Waals surface area contributed by atoms with Crippen molar-refractivity contribution in [2.75, 3.05) is 152 Å². The van der Waals surface area contributed by atoms with Crippen LogP contribution in [0.2, 0.25) is 0 Å². The Kier molecular flexibility index (Phi) is 39.8. The van der Waals surface area contributed by atoms with Gasteiger partial charge in [-0.25, -0.2) is 37.9 Å². The highest BCUT2D eigenvalue weighted by molar-refractivity contribution is 8.07. The first-order chi connectivity index (χ1) is 67.1. The minimum Gasteiger partial charge on any atom is -0.387 e. The lowest BCUT2D eigenvalue weighted by molar-refractivity contribution is -0.0853. The molecule has 6 aliphatic rings.